The Labute approximate surface area is 80.4 Å². The summed E-state index contributed by atoms with van der Waals surface area (Å²) in [6.45, 7) is 0. The van der Waals surface area contributed by atoms with Crippen molar-refractivity contribution in [2.24, 2.45) is 0 Å². The first-order valence-corrected chi connectivity index (χ1v) is 4.81. The molecule has 0 aromatic heterocycles. The summed E-state index contributed by atoms with van der Waals surface area (Å²) in [6.07, 6.45) is 0. The Kier molecular flexibility index (Phi) is 12.3. The minimum absolute atomic E-state index is 0. The van der Waals surface area contributed by atoms with Crippen LogP contribution in [0, 0.1) is 0 Å². The first-order chi connectivity index (χ1) is 1.73. The average Bonchev–Trinajstić information content (AvgIpc) is 0.811. The fourth-order valence-corrected chi connectivity index (χ4v) is 0. The summed E-state index contributed by atoms with van der Waals surface area (Å²) < 4.78 is 25.9. The summed E-state index contributed by atoms with van der Waals surface area (Å²) in [4.78, 5) is 0. The molecule has 5 heteroatoms. The van der Waals surface area contributed by atoms with Crippen LogP contribution in [0.4, 0.5) is 0 Å². The zero-order valence-electron chi connectivity index (χ0n) is 2.67. The number of rotatable bonds is 0. The Hall–Kier alpha value is 2.08. The second-order valence-electron chi connectivity index (χ2n) is 0.224. The van der Waals surface area contributed by atoms with Gasteiger partial charge in [0.15, 0.2) is 0 Å². The Bertz CT molecular complexity index is 55.3. The summed E-state index contributed by atoms with van der Waals surface area (Å²) in [6, 6.07) is 0. The van der Waals surface area contributed by atoms with Crippen LogP contribution in [-0.4, -0.2) is 22.2 Å². The molecule has 0 fully saturated rings. The topological polar surface area (TPSA) is 57.2 Å². The van der Waals surface area contributed by atoms with E-state index in [1.807, 2.05) is 0 Å². The van der Waals surface area contributed by atoms with Gasteiger partial charge in [-0.15, -0.1) is 0 Å². The molecule has 0 unspecified atom stereocenters. The van der Waals surface area contributed by atoms with Gasteiger partial charge in [-0.3, -0.25) is 0 Å². The van der Waals surface area contributed by atoms with E-state index in [1.54, 1.807) is 0 Å². The molecule has 0 rings (SSSR count). The van der Waals surface area contributed by atoms with Crippen molar-refractivity contribution in [1.82, 2.24) is 0 Å². The summed E-state index contributed by atoms with van der Waals surface area (Å²) in [5.74, 6) is 0. The molecule has 5 heavy (non-hydrogen) atoms. The van der Waals surface area contributed by atoms with Crippen molar-refractivity contribution >= 4 is 22.2 Å². The van der Waals surface area contributed by atoms with Gasteiger partial charge in [0.2, 0.25) is 0 Å². The van der Waals surface area contributed by atoms with Crippen molar-refractivity contribution in [1.29, 1.82) is 0 Å². The molecule has 0 bridgehead atoms. The van der Waals surface area contributed by atoms with E-state index in [0.29, 0.717) is 0 Å². The van der Waals surface area contributed by atoms with Gasteiger partial charge in [-0.05, 0) is 0 Å². The molecular formula is BiKO3. The second-order valence-corrected chi connectivity index (χ2v) is 1.96. The van der Waals surface area contributed by atoms with Crippen molar-refractivity contribution in [3.8, 4) is 0 Å². The average molecular weight is 296 g/mol. The molecule has 0 saturated carbocycles. The Balaban J connectivity index is 0. The van der Waals surface area contributed by atoms with E-state index in [-0.39, 0.29) is 51.4 Å². The molecule has 3 nitrogen and oxygen atoms in total. The van der Waals surface area contributed by atoms with Crippen LogP contribution in [0.3, 0.4) is 0 Å². The van der Waals surface area contributed by atoms with Crippen LogP contribution >= 0.6 is 0 Å². The predicted molar refractivity (Wildman–Crippen MR) is 7.13 cm³/mol. The molecule has 0 aliphatic heterocycles. The van der Waals surface area contributed by atoms with Gasteiger partial charge in [-0.25, -0.2) is 0 Å². The standard InChI is InChI=1S/Bi.K.3O/q;+1;;;-1. The maximum absolute atomic E-state index is 8.62. The zero-order chi connectivity index (χ0) is 3.58. The molecule has 0 atom stereocenters. The van der Waals surface area contributed by atoms with Crippen molar-refractivity contribution in [2.75, 3.05) is 0 Å². The number of hydrogen-bond acceptors (Lipinski definition) is 3. The Morgan fingerprint density at radius 2 is 1.40 bits per heavy atom. The first-order valence-electron chi connectivity index (χ1n) is 0.548. The first kappa shape index (κ1) is 10.1. The quantitative estimate of drug-likeness (QED) is 0.422. The van der Waals surface area contributed by atoms with Gasteiger partial charge in [0.1, 0.15) is 0 Å². The monoisotopic (exact) mass is 296 g/mol. The van der Waals surface area contributed by atoms with Crippen molar-refractivity contribution in [2.45, 2.75) is 0 Å². The molecule has 0 amide bonds. The molecule has 0 N–H and O–H groups in total. The fraction of sp³-hybridized carbons (Fsp3) is 0. The third kappa shape index (κ3) is 23.4. The Morgan fingerprint density at radius 1 is 1.40 bits per heavy atom. The molecule has 0 aromatic carbocycles. The van der Waals surface area contributed by atoms with Gasteiger partial charge in [0, 0.05) is 0 Å². The van der Waals surface area contributed by atoms with E-state index in [2.05, 4.69) is 0 Å². The van der Waals surface area contributed by atoms with Crippen LogP contribution in [0.2, 0.25) is 0 Å². The normalized spacial score (nSPS) is 5.00. The third-order valence-electron chi connectivity index (χ3n) is 0. The zero-order valence-corrected chi connectivity index (χ0v) is 9.27. The van der Waals surface area contributed by atoms with Crippen LogP contribution < -0.4 is 54.6 Å². The van der Waals surface area contributed by atoms with Crippen LogP contribution in [-0.2, 0) is 5.63 Å². The summed E-state index contributed by atoms with van der Waals surface area (Å²) in [5, 5.41) is 0. The molecule has 0 radical (unpaired) electrons. The molecule has 0 aliphatic carbocycles. The molecule has 0 saturated heterocycles. The van der Waals surface area contributed by atoms with Gasteiger partial charge in [-0.2, -0.15) is 0 Å². The van der Waals surface area contributed by atoms with Crippen molar-refractivity contribution in [3.63, 3.8) is 0 Å². The Morgan fingerprint density at radius 3 is 1.40 bits per heavy atom. The van der Waals surface area contributed by atoms with Gasteiger partial charge in [0.25, 0.3) is 0 Å². The minimum atomic E-state index is -4.34. The SMILES string of the molecule is [K+].[O]=[Bi](=[O])[O-]. The van der Waals surface area contributed by atoms with Crippen LogP contribution in [0.15, 0.2) is 0 Å². The molecule has 0 aromatic rings. The molecule has 0 aliphatic rings. The third-order valence-corrected chi connectivity index (χ3v) is 0. The van der Waals surface area contributed by atoms with E-state index in [1.165, 1.54) is 0 Å². The van der Waals surface area contributed by atoms with Gasteiger partial charge in [-0.1, -0.05) is 0 Å². The summed E-state index contributed by atoms with van der Waals surface area (Å²) >= 11 is -4.34. The summed E-state index contributed by atoms with van der Waals surface area (Å²) in [5.41, 5.74) is 0. The molecule has 0 heterocycles. The maximum atomic E-state index is 8.62. The van der Waals surface area contributed by atoms with E-state index >= 15 is 0 Å². The van der Waals surface area contributed by atoms with Gasteiger partial charge < -0.3 is 0 Å². The summed E-state index contributed by atoms with van der Waals surface area (Å²) in [7, 11) is 0. The van der Waals surface area contributed by atoms with Crippen LogP contribution in [0.5, 0.6) is 0 Å². The van der Waals surface area contributed by atoms with E-state index in [4.69, 9.17) is 8.81 Å². The van der Waals surface area contributed by atoms with E-state index in [0.717, 1.165) is 0 Å². The van der Waals surface area contributed by atoms with Crippen molar-refractivity contribution in [3.05, 3.63) is 0 Å². The van der Waals surface area contributed by atoms with E-state index < -0.39 is 22.2 Å². The van der Waals surface area contributed by atoms with Gasteiger partial charge in [0.05, 0.1) is 0 Å². The second kappa shape index (κ2) is 6.08. The molecular weight excluding hydrogens is 296 g/mol. The van der Waals surface area contributed by atoms with E-state index in [9.17, 15) is 0 Å². The van der Waals surface area contributed by atoms with Crippen LogP contribution in [0.1, 0.15) is 0 Å². The number of hydrogen-bond donors (Lipinski definition) is 0. The fourth-order valence-electron chi connectivity index (χ4n) is 0. The molecule has 0 spiro atoms. The van der Waals surface area contributed by atoms with Gasteiger partial charge >= 0.3 is 82.4 Å². The van der Waals surface area contributed by atoms with Crippen molar-refractivity contribution < 1.29 is 60.2 Å². The van der Waals surface area contributed by atoms with Crippen LogP contribution in [0.25, 0.3) is 0 Å². The molecule has 24 valence electrons. The predicted octanol–water partition coefficient (Wildman–Crippen LogP) is -4.80.